The maximum atomic E-state index is 12.7. The highest BCUT2D eigenvalue weighted by Gasteiger charge is 2.23. The minimum Gasteiger partial charge on any atom is -0.347 e. The average Bonchev–Trinajstić information content (AvgIpc) is 2.61. The Labute approximate surface area is 149 Å². The lowest BCUT2D eigenvalue weighted by Gasteiger charge is -2.25. The maximum absolute atomic E-state index is 12.7. The summed E-state index contributed by atoms with van der Waals surface area (Å²) in [5.74, 6) is -0.223. The molecule has 25 heavy (non-hydrogen) atoms. The van der Waals surface area contributed by atoms with E-state index in [0.29, 0.717) is 11.3 Å². The second kappa shape index (κ2) is 7.27. The molecular formula is C19H24N2O3S. The van der Waals surface area contributed by atoms with Gasteiger partial charge in [-0.25, -0.2) is 8.42 Å². The Morgan fingerprint density at radius 1 is 1.08 bits per heavy atom. The van der Waals surface area contributed by atoms with Gasteiger partial charge in [0, 0.05) is 18.2 Å². The number of anilines is 1. The Hall–Kier alpha value is -2.34. The summed E-state index contributed by atoms with van der Waals surface area (Å²) in [5, 5.41) is 2.95. The molecule has 2 aromatic carbocycles. The van der Waals surface area contributed by atoms with Crippen LogP contribution in [-0.4, -0.2) is 26.9 Å². The number of benzene rings is 2. The summed E-state index contributed by atoms with van der Waals surface area (Å²) >= 11 is 0. The summed E-state index contributed by atoms with van der Waals surface area (Å²) < 4.78 is 26.6. The molecule has 0 aromatic heterocycles. The number of nitrogens with zero attached hydrogens (tertiary/aromatic N) is 1. The van der Waals surface area contributed by atoms with Gasteiger partial charge < -0.3 is 5.32 Å². The van der Waals surface area contributed by atoms with Crippen LogP contribution in [0.5, 0.6) is 0 Å². The summed E-state index contributed by atoms with van der Waals surface area (Å²) in [7, 11) is -2.19. The molecule has 0 aliphatic carbocycles. The first-order valence-corrected chi connectivity index (χ1v) is 9.58. The fourth-order valence-electron chi connectivity index (χ4n) is 2.20. The van der Waals surface area contributed by atoms with Gasteiger partial charge in [-0.1, -0.05) is 31.2 Å². The smallest absolute Gasteiger partial charge is 0.264 e. The van der Waals surface area contributed by atoms with Crippen LogP contribution < -0.4 is 9.62 Å². The number of carbonyl (C=O) groups excluding carboxylic acids is 1. The van der Waals surface area contributed by atoms with Crippen molar-refractivity contribution in [3.05, 3.63) is 60.2 Å². The van der Waals surface area contributed by atoms with E-state index in [1.54, 1.807) is 54.6 Å². The molecule has 1 amide bonds. The number of carbonyl (C=O) groups is 1. The Morgan fingerprint density at radius 2 is 1.72 bits per heavy atom. The highest BCUT2D eigenvalue weighted by Crippen LogP contribution is 2.23. The molecule has 0 aliphatic rings. The molecule has 0 saturated carbocycles. The standard InChI is InChI=1S/C19H24N2O3S/c1-5-19(2,3)20-18(22)15-10-9-11-16(14-15)21(4)25(23,24)17-12-7-6-8-13-17/h6-14H,5H2,1-4H3,(H,20,22). The van der Waals surface area contributed by atoms with Gasteiger partial charge in [0.1, 0.15) is 0 Å². The van der Waals surface area contributed by atoms with Gasteiger partial charge in [-0.05, 0) is 50.6 Å². The molecule has 1 N–H and O–H groups in total. The van der Waals surface area contributed by atoms with Crippen LogP contribution in [-0.2, 0) is 10.0 Å². The van der Waals surface area contributed by atoms with Crippen molar-refractivity contribution in [1.82, 2.24) is 5.32 Å². The van der Waals surface area contributed by atoms with Crippen LogP contribution in [0.25, 0.3) is 0 Å². The predicted octanol–water partition coefficient (Wildman–Crippen LogP) is 3.43. The molecule has 134 valence electrons. The van der Waals surface area contributed by atoms with Gasteiger partial charge in [0.15, 0.2) is 0 Å². The largest absolute Gasteiger partial charge is 0.347 e. The van der Waals surface area contributed by atoms with Crippen LogP contribution in [0.2, 0.25) is 0 Å². The third-order valence-electron chi connectivity index (χ3n) is 4.21. The molecule has 0 fully saturated rings. The van der Waals surface area contributed by atoms with Crippen molar-refractivity contribution in [3.63, 3.8) is 0 Å². The van der Waals surface area contributed by atoms with Gasteiger partial charge in [0.05, 0.1) is 10.6 Å². The van der Waals surface area contributed by atoms with Gasteiger partial charge in [0.2, 0.25) is 0 Å². The van der Waals surface area contributed by atoms with E-state index in [1.165, 1.54) is 11.4 Å². The van der Waals surface area contributed by atoms with Crippen molar-refractivity contribution in [3.8, 4) is 0 Å². The second-order valence-electron chi connectivity index (χ2n) is 6.53. The number of sulfonamides is 1. The van der Waals surface area contributed by atoms with Gasteiger partial charge in [-0.3, -0.25) is 9.10 Å². The van der Waals surface area contributed by atoms with Crippen molar-refractivity contribution in [2.45, 2.75) is 37.6 Å². The van der Waals surface area contributed by atoms with Crippen molar-refractivity contribution < 1.29 is 13.2 Å². The first kappa shape index (κ1) is 19.0. The highest BCUT2D eigenvalue weighted by molar-refractivity contribution is 7.92. The number of hydrogen-bond acceptors (Lipinski definition) is 3. The number of amides is 1. The van der Waals surface area contributed by atoms with E-state index in [9.17, 15) is 13.2 Å². The van der Waals surface area contributed by atoms with Crippen LogP contribution in [0.1, 0.15) is 37.6 Å². The zero-order valence-corrected chi connectivity index (χ0v) is 15.8. The van der Waals surface area contributed by atoms with Gasteiger partial charge in [0.25, 0.3) is 15.9 Å². The topological polar surface area (TPSA) is 66.5 Å². The van der Waals surface area contributed by atoms with Crippen LogP contribution in [0.15, 0.2) is 59.5 Å². The van der Waals surface area contributed by atoms with Gasteiger partial charge in [-0.15, -0.1) is 0 Å². The molecule has 2 aromatic rings. The summed E-state index contributed by atoms with van der Waals surface area (Å²) in [6.45, 7) is 5.89. The van der Waals surface area contributed by atoms with Gasteiger partial charge >= 0.3 is 0 Å². The molecular weight excluding hydrogens is 336 g/mol. The number of rotatable bonds is 6. The summed E-state index contributed by atoms with van der Waals surface area (Å²) in [6.07, 6.45) is 0.792. The minimum absolute atomic E-state index is 0.208. The Balaban J connectivity index is 2.31. The average molecular weight is 360 g/mol. The monoisotopic (exact) mass is 360 g/mol. The first-order chi connectivity index (χ1) is 11.7. The molecule has 0 radical (unpaired) electrons. The molecule has 0 bridgehead atoms. The van der Waals surface area contributed by atoms with Crippen molar-refractivity contribution in [1.29, 1.82) is 0 Å². The summed E-state index contributed by atoms with van der Waals surface area (Å²) in [4.78, 5) is 12.6. The third-order valence-corrected chi connectivity index (χ3v) is 6.01. The minimum atomic E-state index is -3.67. The van der Waals surface area contributed by atoms with Gasteiger partial charge in [-0.2, -0.15) is 0 Å². The Bertz CT molecular complexity index is 846. The van der Waals surface area contributed by atoms with E-state index in [-0.39, 0.29) is 16.3 Å². The fourth-order valence-corrected chi connectivity index (χ4v) is 3.41. The third kappa shape index (κ3) is 4.39. The van der Waals surface area contributed by atoms with E-state index >= 15 is 0 Å². The zero-order chi connectivity index (χ0) is 18.7. The normalized spacial score (nSPS) is 11.8. The Kier molecular flexibility index (Phi) is 5.52. The van der Waals surface area contributed by atoms with E-state index in [2.05, 4.69) is 5.32 Å². The number of hydrogen-bond donors (Lipinski definition) is 1. The second-order valence-corrected chi connectivity index (χ2v) is 8.50. The summed E-state index contributed by atoms with van der Waals surface area (Å²) in [5.41, 5.74) is 0.537. The van der Waals surface area contributed by atoms with Crippen LogP contribution in [0.4, 0.5) is 5.69 Å². The van der Waals surface area contributed by atoms with E-state index in [1.807, 2.05) is 20.8 Å². The molecule has 5 nitrogen and oxygen atoms in total. The molecule has 0 heterocycles. The maximum Gasteiger partial charge on any atom is 0.264 e. The fraction of sp³-hybridized carbons (Fsp3) is 0.316. The van der Waals surface area contributed by atoms with E-state index < -0.39 is 10.0 Å². The Morgan fingerprint density at radius 3 is 2.32 bits per heavy atom. The van der Waals surface area contributed by atoms with Crippen molar-refractivity contribution in [2.24, 2.45) is 0 Å². The lowest BCUT2D eigenvalue weighted by molar-refractivity contribution is 0.0911. The van der Waals surface area contributed by atoms with Crippen LogP contribution in [0, 0.1) is 0 Å². The molecule has 0 spiro atoms. The molecule has 0 aliphatic heterocycles. The molecule has 0 saturated heterocycles. The lowest BCUT2D eigenvalue weighted by Crippen LogP contribution is -2.42. The SMILES string of the molecule is CCC(C)(C)NC(=O)c1cccc(N(C)S(=O)(=O)c2ccccc2)c1. The molecule has 2 rings (SSSR count). The molecule has 0 unspecified atom stereocenters. The van der Waals surface area contributed by atoms with E-state index in [0.717, 1.165) is 6.42 Å². The zero-order valence-electron chi connectivity index (χ0n) is 15.0. The molecule has 0 atom stereocenters. The van der Waals surface area contributed by atoms with Crippen molar-refractivity contribution in [2.75, 3.05) is 11.4 Å². The quantitative estimate of drug-likeness (QED) is 0.858. The van der Waals surface area contributed by atoms with Crippen molar-refractivity contribution >= 4 is 21.6 Å². The van der Waals surface area contributed by atoms with Crippen LogP contribution in [0.3, 0.4) is 0 Å². The lowest BCUT2D eigenvalue weighted by atomic mass is 10.0. The summed E-state index contributed by atoms with van der Waals surface area (Å²) in [6, 6.07) is 14.8. The predicted molar refractivity (Wildman–Crippen MR) is 100 cm³/mol. The van der Waals surface area contributed by atoms with Crippen LogP contribution >= 0.6 is 0 Å². The highest BCUT2D eigenvalue weighted by atomic mass is 32.2. The first-order valence-electron chi connectivity index (χ1n) is 8.14. The van der Waals surface area contributed by atoms with E-state index in [4.69, 9.17) is 0 Å². The molecule has 6 heteroatoms. The number of nitrogens with one attached hydrogen (secondary N) is 1.